The Morgan fingerprint density at radius 1 is 1.13 bits per heavy atom. The van der Waals surface area contributed by atoms with Gasteiger partial charge in [0.25, 0.3) is 0 Å². The number of pyridine rings is 1. The van der Waals surface area contributed by atoms with Crippen LogP contribution in [0.2, 0.25) is 0 Å². The first-order valence-corrected chi connectivity index (χ1v) is 9.11. The Morgan fingerprint density at radius 3 is 2.43 bits per heavy atom. The molecule has 2 aromatic rings. The van der Waals surface area contributed by atoms with Gasteiger partial charge in [0.15, 0.2) is 9.84 Å². The molecule has 1 heterocycles. The van der Waals surface area contributed by atoms with Crippen molar-refractivity contribution < 1.29 is 13.5 Å². The Morgan fingerprint density at radius 2 is 1.78 bits per heavy atom. The zero-order valence-electron chi connectivity index (χ0n) is 13.6. The van der Waals surface area contributed by atoms with E-state index in [0.717, 1.165) is 11.3 Å². The van der Waals surface area contributed by atoms with Gasteiger partial charge in [-0.15, -0.1) is 0 Å². The molecule has 23 heavy (non-hydrogen) atoms. The Hall–Kier alpha value is -1.92. The molecule has 1 aromatic heterocycles. The van der Waals surface area contributed by atoms with Crippen molar-refractivity contribution in [2.75, 3.05) is 5.75 Å². The summed E-state index contributed by atoms with van der Waals surface area (Å²) in [6.45, 7) is 5.88. The number of aryl methyl sites for hydroxylation is 2. The number of nitrogens with zero attached hydrogens (tertiary/aromatic N) is 1. The zero-order chi connectivity index (χ0) is 17.0. The van der Waals surface area contributed by atoms with Crippen LogP contribution in [0.4, 0.5) is 0 Å². The largest absolute Gasteiger partial charge is 0.506 e. The lowest BCUT2D eigenvalue weighted by atomic mass is 10.2. The normalized spacial score (nSPS) is 13.0. The standard InChI is InChI=1S/C17H22N2O3S/c1-12-4-7-15(8-5-12)23(21,22)11-14(3)18-10-16-17(20)9-6-13(2)19-16/h4-9,14,18,20H,10-11H2,1-3H3/t14-/m0/s1. The molecule has 0 bridgehead atoms. The number of hydrogen-bond acceptors (Lipinski definition) is 5. The smallest absolute Gasteiger partial charge is 0.179 e. The second-order valence-electron chi connectivity index (χ2n) is 5.79. The van der Waals surface area contributed by atoms with Crippen molar-refractivity contribution in [2.24, 2.45) is 0 Å². The quantitative estimate of drug-likeness (QED) is 0.848. The molecular formula is C17H22N2O3S. The maximum Gasteiger partial charge on any atom is 0.179 e. The van der Waals surface area contributed by atoms with Gasteiger partial charge >= 0.3 is 0 Å². The molecule has 0 radical (unpaired) electrons. The number of hydrogen-bond donors (Lipinski definition) is 2. The van der Waals surface area contributed by atoms with Gasteiger partial charge in [-0.1, -0.05) is 17.7 Å². The van der Waals surface area contributed by atoms with Crippen LogP contribution in [0.1, 0.15) is 23.9 Å². The molecule has 0 aliphatic rings. The second-order valence-corrected chi connectivity index (χ2v) is 7.83. The van der Waals surface area contributed by atoms with Gasteiger partial charge in [0.2, 0.25) is 0 Å². The molecule has 2 rings (SSSR count). The van der Waals surface area contributed by atoms with E-state index in [4.69, 9.17) is 0 Å². The van der Waals surface area contributed by atoms with E-state index in [1.165, 1.54) is 0 Å². The van der Waals surface area contributed by atoms with Crippen LogP contribution in [0.5, 0.6) is 5.75 Å². The number of nitrogens with one attached hydrogen (secondary N) is 1. The van der Waals surface area contributed by atoms with Crippen molar-refractivity contribution in [2.45, 2.75) is 38.3 Å². The molecule has 0 spiro atoms. The highest BCUT2D eigenvalue weighted by Crippen LogP contribution is 2.16. The van der Waals surface area contributed by atoms with Crippen LogP contribution >= 0.6 is 0 Å². The van der Waals surface area contributed by atoms with E-state index in [9.17, 15) is 13.5 Å². The molecule has 6 heteroatoms. The van der Waals surface area contributed by atoms with Crippen molar-refractivity contribution in [3.63, 3.8) is 0 Å². The summed E-state index contributed by atoms with van der Waals surface area (Å²) in [5.74, 6) is 0.0968. The third-order valence-electron chi connectivity index (χ3n) is 3.56. The predicted molar refractivity (Wildman–Crippen MR) is 90.2 cm³/mol. The third-order valence-corrected chi connectivity index (χ3v) is 5.49. The van der Waals surface area contributed by atoms with Crippen LogP contribution in [0.15, 0.2) is 41.3 Å². The topological polar surface area (TPSA) is 79.3 Å². The SMILES string of the molecule is Cc1ccc(S(=O)(=O)C[C@H](C)NCc2nc(C)ccc2O)cc1. The maximum atomic E-state index is 12.4. The lowest BCUT2D eigenvalue weighted by Crippen LogP contribution is -2.33. The van der Waals surface area contributed by atoms with E-state index >= 15 is 0 Å². The van der Waals surface area contributed by atoms with E-state index in [1.807, 2.05) is 13.8 Å². The first-order chi connectivity index (χ1) is 10.8. The number of sulfone groups is 1. The van der Waals surface area contributed by atoms with Crippen molar-refractivity contribution in [3.8, 4) is 5.75 Å². The molecule has 124 valence electrons. The van der Waals surface area contributed by atoms with Crippen LogP contribution in [0.3, 0.4) is 0 Å². The molecule has 5 nitrogen and oxygen atoms in total. The third kappa shape index (κ3) is 4.77. The number of aromatic nitrogens is 1. The summed E-state index contributed by atoms with van der Waals surface area (Å²) in [6.07, 6.45) is 0. The number of aromatic hydroxyl groups is 1. The fourth-order valence-corrected chi connectivity index (χ4v) is 3.75. The van der Waals surface area contributed by atoms with Crippen LogP contribution < -0.4 is 5.32 Å². The van der Waals surface area contributed by atoms with Gasteiger partial charge < -0.3 is 10.4 Å². The summed E-state index contributed by atoms with van der Waals surface area (Å²) in [7, 11) is -3.34. The summed E-state index contributed by atoms with van der Waals surface area (Å²) in [6, 6.07) is 9.90. The van der Waals surface area contributed by atoms with Crippen molar-refractivity contribution in [1.82, 2.24) is 10.3 Å². The highest BCUT2D eigenvalue weighted by molar-refractivity contribution is 7.91. The number of rotatable bonds is 6. The average Bonchev–Trinajstić information content (AvgIpc) is 2.48. The summed E-state index contributed by atoms with van der Waals surface area (Å²) in [5, 5.41) is 12.9. The zero-order valence-corrected chi connectivity index (χ0v) is 14.4. The monoisotopic (exact) mass is 334 g/mol. The van der Waals surface area contributed by atoms with Gasteiger partial charge in [0.05, 0.1) is 16.3 Å². The summed E-state index contributed by atoms with van der Waals surface area (Å²) in [5.41, 5.74) is 2.35. The predicted octanol–water partition coefficient (Wildman–Crippen LogP) is 2.36. The fraction of sp³-hybridized carbons (Fsp3) is 0.353. The molecule has 1 aromatic carbocycles. The van der Waals surface area contributed by atoms with Gasteiger partial charge in [0.1, 0.15) is 5.75 Å². The minimum absolute atomic E-state index is 0.0113. The minimum Gasteiger partial charge on any atom is -0.506 e. The Labute approximate surface area is 137 Å². The Bertz CT molecular complexity index is 771. The molecule has 0 amide bonds. The van der Waals surface area contributed by atoms with E-state index in [2.05, 4.69) is 10.3 Å². The maximum absolute atomic E-state index is 12.4. The number of benzene rings is 1. The molecule has 0 saturated carbocycles. The van der Waals surface area contributed by atoms with E-state index < -0.39 is 9.84 Å². The average molecular weight is 334 g/mol. The van der Waals surface area contributed by atoms with Crippen molar-refractivity contribution in [3.05, 3.63) is 53.3 Å². The lowest BCUT2D eigenvalue weighted by molar-refractivity contribution is 0.455. The van der Waals surface area contributed by atoms with Gasteiger partial charge in [-0.05, 0) is 45.0 Å². The van der Waals surface area contributed by atoms with Gasteiger partial charge in [0, 0.05) is 18.3 Å². The van der Waals surface area contributed by atoms with Crippen molar-refractivity contribution >= 4 is 9.84 Å². The second kappa shape index (κ2) is 7.10. The summed E-state index contributed by atoms with van der Waals surface area (Å²) >= 11 is 0. The highest BCUT2D eigenvalue weighted by atomic mass is 32.2. The molecular weight excluding hydrogens is 312 g/mol. The van der Waals surface area contributed by atoms with Gasteiger partial charge in [-0.3, -0.25) is 4.98 Å². The lowest BCUT2D eigenvalue weighted by Gasteiger charge is -2.15. The van der Waals surface area contributed by atoms with Gasteiger partial charge in [-0.2, -0.15) is 0 Å². The first-order valence-electron chi connectivity index (χ1n) is 7.46. The molecule has 2 N–H and O–H groups in total. The highest BCUT2D eigenvalue weighted by Gasteiger charge is 2.18. The fourth-order valence-electron chi connectivity index (χ4n) is 2.23. The molecule has 0 unspecified atom stereocenters. The summed E-state index contributed by atoms with van der Waals surface area (Å²) < 4.78 is 24.8. The Kier molecular flexibility index (Phi) is 5.38. The van der Waals surface area contributed by atoms with E-state index in [1.54, 1.807) is 43.3 Å². The molecule has 1 atom stereocenters. The van der Waals surface area contributed by atoms with E-state index in [0.29, 0.717) is 17.1 Å². The van der Waals surface area contributed by atoms with E-state index in [-0.39, 0.29) is 17.5 Å². The summed E-state index contributed by atoms with van der Waals surface area (Å²) in [4.78, 5) is 4.57. The molecule has 0 aliphatic carbocycles. The molecule has 0 fully saturated rings. The van der Waals surface area contributed by atoms with Gasteiger partial charge in [-0.25, -0.2) is 8.42 Å². The van der Waals surface area contributed by atoms with Crippen LogP contribution in [0, 0.1) is 13.8 Å². The first kappa shape index (κ1) is 17.4. The molecule has 0 aliphatic heterocycles. The van der Waals surface area contributed by atoms with Crippen molar-refractivity contribution in [1.29, 1.82) is 0 Å². The minimum atomic E-state index is -3.34. The van der Waals surface area contributed by atoms with Crippen LogP contribution in [-0.4, -0.2) is 30.3 Å². The Balaban J connectivity index is 2.00. The van der Waals surface area contributed by atoms with Crippen LogP contribution in [-0.2, 0) is 16.4 Å². The molecule has 0 saturated heterocycles. The van der Waals surface area contributed by atoms with Crippen LogP contribution in [0.25, 0.3) is 0 Å².